The van der Waals surface area contributed by atoms with Crippen LogP contribution in [-0.4, -0.2) is 7.11 Å². The lowest BCUT2D eigenvalue weighted by Crippen LogP contribution is -2.00. The van der Waals surface area contributed by atoms with Gasteiger partial charge in [-0.1, -0.05) is 49.7 Å². The largest absolute Gasteiger partial charge is 0.495 e. The summed E-state index contributed by atoms with van der Waals surface area (Å²) in [6.45, 7) is 5.26. The monoisotopic (exact) mass is 303 g/mol. The lowest BCUT2D eigenvalue weighted by atomic mass is 10.0. The van der Waals surface area contributed by atoms with Gasteiger partial charge in [0.15, 0.2) is 0 Å². The van der Waals surface area contributed by atoms with Crippen molar-refractivity contribution in [1.29, 1.82) is 0 Å². The first-order chi connectivity index (χ1) is 10.1. The molecule has 0 radical (unpaired) electrons. The molecule has 0 unspecified atom stereocenters. The Balaban J connectivity index is 1.95. The van der Waals surface area contributed by atoms with E-state index in [-0.39, 0.29) is 0 Å². The summed E-state index contributed by atoms with van der Waals surface area (Å²) in [6, 6.07) is 14.5. The van der Waals surface area contributed by atoms with Gasteiger partial charge in [0, 0.05) is 12.2 Å². The molecule has 112 valence electrons. The van der Waals surface area contributed by atoms with Crippen molar-refractivity contribution in [2.24, 2.45) is 5.92 Å². The molecule has 0 heterocycles. The third-order valence-electron chi connectivity index (χ3n) is 3.32. The molecule has 0 aromatic heterocycles. The summed E-state index contributed by atoms with van der Waals surface area (Å²) in [5.41, 5.74) is 3.64. The molecule has 2 aromatic carbocycles. The maximum absolute atomic E-state index is 6.12. The molecule has 0 amide bonds. The molecule has 0 aliphatic carbocycles. The van der Waals surface area contributed by atoms with Crippen LogP contribution in [0.4, 0.5) is 5.69 Å². The fraction of sp³-hybridized carbons (Fsp3) is 0.333. The quantitative estimate of drug-likeness (QED) is 0.796. The van der Waals surface area contributed by atoms with E-state index in [2.05, 4.69) is 43.4 Å². The Kier molecular flexibility index (Phi) is 5.51. The first kappa shape index (κ1) is 15.7. The maximum Gasteiger partial charge on any atom is 0.137 e. The average Bonchev–Trinajstić information content (AvgIpc) is 2.46. The third kappa shape index (κ3) is 4.68. The van der Waals surface area contributed by atoms with Crippen LogP contribution >= 0.6 is 11.6 Å². The van der Waals surface area contributed by atoms with Crippen LogP contribution < -0.4 is 10.1 Å². The molecular weight excluding hydrogens is 282 g/mol. The fourth-order valence-electron chi connectivity index (χ4n) is 2.25. The molecule has 21 heavy (non-hydrogen) atoms. The maximum atomic E-state index is 6.12. The molecule has 0 spiro atoms. The Hall–Kier alpha value is -1.67. The molecule has 0 aliphatic rings. The zero-order valence-electron chi connectivity index (χ0n) is 12.8. The van der Waals surface area contributed by atoms with Gasteiger partial charge < -0.3 is 10.1 Å². The van der Waals surface area contributed by atoms with Crippen LogP contribution in [0.2, 0.25) is 5.02 Å². The van der Waals surface area contributed by atoms with Crippen LogP contribution in [0.15, 0.2) is 42.5 Å². The molecule has 0 fully saturated rings. The number of ether oxygens (including phenoxy) is 1. The van der Waals surface area contributed by atoms with Crippen LogP contribution in [0.3, 0.4) is 0 Å². The van der Waals surface area contributed by atoms with Crippen molar-refractivity contribution >= 4 is 17.3 Å². The number of nitrogens with one attached hydrogen (secondary N) is 1. The van der Waals surface area contributed by atoms with Gasteiger partial charge in [-0.2, -0.15) is 0 Å². The molecule has 2 rings (SSSR count). The smallest absolute Gasteiger partial charge is 0.137 e. The molecule has 3 heteroatoms. The summed E-state index contributed by atoms with van der Waals surface area (Å²) < 4.78 is 5.15. The second-order valence-corrected chi connectivity index (χ2v) is 6.02. The number of hydrogen-bond donors (Lipinski definition) is 1. The summed E-state index contributed by atoms with van der Waals surface area (Å²) in [5.74, 6) is 1.38. The second kappa shape index (κ2) is 7.37. The highest BCUT2D eigenvalue weighted by molar-refractivity contribution is 6.32. The Bertz CT molecular complexity index is 578. The number of hydrogen-bond acceptors (Lipinski definition) is 2. The van der Waals surface area contributed by atoms with Gasteiger partial charge in [-0.15, -0.1) is 0 Å². The van der Waals surface area contributed by atoms with E-state index in [4.69, 9.17) is 16.3 Å². The van der Waals surface area contributed by atoms with Gasteiger partial charge in [-0.3, -0.25) is 0 Å². The topological polar surface area (TPSA) is 21.3 Å². The van der Waals surface area contributed by atoms with Crippen LogP contribution in [-0.2, 0) is 13.0 Å². The summed E-state index contributed by atoms with van der Waals surface area (Å²) >= 11 is 6.12. The summed E-state index contributed by atoms with van der Waals surface area (Å²) in [7, 11) is 1.62. The third-order valence-corrected chi connectivity index (χ3v) is 3.61. The van der Waals surface area contributed by atoms with E-state index >= 15 is 0 Å². The van der Waals surface area contributed by atoms with E-state index < -0.39 is 0 Å². The van der Waals surface area contributed by atoms with Crippen LogP contribution in [0.5, 0.6) is 5.75 Å². The Morgan fingerprint density at radius 2 is 1.71 bits per heavy atom. The molecule has 0 saturated heterocycles. The van der Waals surface area contributed by atoms with Crippen molar-refractivity contribution in [3.63, 3.8) is 0 Å². The molecule has 1 N–H and O–H groups in total. The van der Waals surface area contributed by atoms with Gasteiger partial charge in [0.05, 0.1) is 12.1 Å². The second-order valence-electron chi connectivity index (χ2n) is 5.62. The first-order valence-corrected chi connectivity index (χ1v) is 7.61. The van der Waals surface area contributed by atoms with Crippen molar-refractivity contribution < 1.29 is 4.74 Å². The van der Waals surface area contributed by atoms with Gasteiger partial charge in [0.1, 0.15) is 5.75 Å². The SMILES string of the molecule is COc1ccc(NCc2ccc(CC(C)C)cc2)cc1Cl. The summed E-state index contributed by atoms with van der Waals surface area (Å²) in [4.78, 5) is 0. The molecule has 0 bridgehead atoms. The minimum absolute atomic E-state index is 0.620. The van der Waals surface area contributed by atoms with Crippen LogP contribution in [0.25, 0.3) is 0 Å². The zero-order chi connectivity index (χ0) is 15.2. The number of methoxy groups -OCH3 is 1. The molecule has 2 aromatic rings. The average molecular weight is 304 g/mol. The number of rotatable bonds is 6. The van der Waals surface area contributed by atoms with Crippen molar-refractivity contribution in [3.05, 3.63) is 58.6 Å². The van der Waals surface area contributed by atoms with Crippen molar-refractivity contribution in [2.45, 2.75) is 26.8 Å². The lowest BCUT2D eigenvalue weighted by molar-refractivity contribution is 0.415. The van der Waals surface area contributed by atoms with E-state index in [0.29, 0.717) is 16.7 Å². The standard InChI is InChI=1S/C18H22ClNO/c1-13(2)10-14-4-6-15(7-5-14)12-20-16-8-9-18(21-3)17(19)11-16/h4-9,11,13,20H,10,12H2,1-3H3. The van der Waals surface area contributed by atoms with Gasteiger partial charge in [-0.05, 0) is 41.7 Å². The highest BCUT2D eigenvalue weighted by Crippen LogP contribution is 2.27. The minimum atomic E-state index is 0.620. The number of halogens is 1. The van der Waals surface area contributed by atoms with Crippen molar-refractivity contribution in [3.8, 4) is 5.75 Å². The molecule has 2 nitrogen and oxygen atoms in total. The number of benzene rings is 2. The van der Waals surface area contributed by atoms with E-state index in [1.165, 1.54) is 11.1 Å². The molecule has 0 atom stereocenters. The van der Waals surface area contributed by atoms with E-state index in [9.17, 15) is 0 Å². The minimum Gasteiger partial charge on any atom is -0.495 e. The normalized spacial score (nSPS) is 10.7. The van der Waals surface area contributed by atoms with Crippen molar-refractivity contribution in [2.75, 3.05) is 12.4 Å². The Morgan fingerprint density at radius 1 is 1.05 bits per heavy atom. The molecular formula is C18H22ClNO. The molecule has 0 aliphatic heterocycles. The Labute approximate surface area is 132 Å². The molecule has 0 saturated carbocycles. The number of anilines is 1. The summed E-state index contributed by atoms with van der Waals surface area (Å²) in [6.07, 6.45) is 1.13. The van der Waals surface area contributed by atoms with Crippen molar-refractivity contribution in [1.82, 2.24) is 0 Å². The van der Waals surface area contributed by atoms with Gasteiger partial charge in [0.25, 0.3) is 0 Å². The van der Waals surface area contributed by atoms with Gasteiger partial charge in [0.2, 0.25) is 0 Å². The van der Waals surface area contributed by atoms with Gasteiger partial charge in [-0.25, -0.2) is 0 Å². The summed E-state index contributed by atoms with van der Waals surface area (Å²) in [5, 5.41) is 3.99. The Morgan fingerprint density at radius 3 is 2.29 bits per heavy atom. The van der Waals surface area contributed by atoms with E-state index in [0.717, 1.165) is 18.7 Å². The highest BCUT2D eigenvalue weighted by Gasteiger charge is 2.02. The fourth-order valence-corrected chi connectivity index (χ4v) is 2.50. The first-order valence-electron chi connectivity index (χ1n) is 7.23. The lowest BCUT2D eigenvalue weighted by Gasteiger charge is -2.10. The highest BCUT2D eigenvalue weighted by atomic mass is 35.5. The van der Waals surface area contributed by atoms with E-state index in [1.54, 1.807) is 7.11 Å². The van der Waals surface area contributed by atoms with Crippen LogP contribution in [0.1, 0.15) is 25.0 Å². The predicted molar refractivity (Wildman–Crippen MR) is 90.3 cm³/mol. The van der Waals surface area contributed by atoms with Crippen LogP contribution in [0, 0.1) is 5.92 Å². The van der Waals surface area contributed by atoms with E-state index in [1.807, 2.05) is 18.2 Å². The van der Waals surface area contributed by atoms with Gasteiger partial charge >= 0.3 is 0 Å². The predicted octanol–water partition coefficient (Wildman–Crippen LogP) is 5.16. The zero-order valence-corrected chi connectivity index (χ0v) is 13.6.